The highest BCUT2D eigenvalue weighted by atomic mass is 16.5. The van der Waals surface area contributed by atoms with Crippen LogP contribution in [-0.2, 0) is 16.1 Å². The summed E-state index contributed by atoms with van der Waals surface area (Å²) in [5.74, 6) is -0.268. The number of amides is 2. The van der Waals surface area contributed by atoms with Gasteiger partial charge >= 0.3 is 0 Å². The van der Waals surface area contributed by atoms with Gasteiger partial charge < -0.3 is 19.8 Å². The third-order valence-corrected chi connectivity index (χ3v) is 4.37. The number of hydrogen-bond acceptors (Lipinski definition) is 4. The molecule has 2 amide bonds. The molecule has 0 bridgehead atoms. The summed E-state index contributed by atoms with van der Waals surface area (Å²) in [6.07, 6.45) is 1.20. The molecule has 6 heteroatoms. The van der Waals surface area contributed by atoms with Crippen molar-refractivity contribution in [3.8, 4) is 0 Å². The maximum Gasteiger partial charge on any atom is 0.289 e. The van der Waals surface area contributed by atoms with Crippen molar-refractivity contribution in [2.24, 2.45) is 11.7 Å². The van der Waals surface area contributed by atoms with Gasteiger partial charge in [0.2, 0.25) is 5.91 Å². The smallest absolute Gasteiger partial charge is 0.289 e. The van der Waals surface area contributed by atoms with Gasteiger partial charge in [0.05, 0.1) is 6.61 Å². The largest absolute Gasteiger partial charge is 0.451 e. The van der Waals surface area contributed by atoms with Crippen LogP contribution in [-0.4, -0.2) is 36.9 Å². The lowest BCUT2D eigenvalue weighted by molar-refractivity contribution is -0.123. The summed E-state index contributed by atoms with van der Waals surface area (Å²) in [4.78, 5) is 25.8. The van der Waals surface area contributed by atoms with Gasteiger partial charge in [-0.25, -0.2) is 0 Å². The van der Waals surface area contributed by atoms with E-state index < -0.39 is 0 Å². The van der Waals surface area contributed by atoms with Gasteiger partial charge in [-0.2, -0.15) is 0 Å². The molecule has 1 saturated heterocycles. The zero-order valence-electron chi connectivity index (χ0n) is 13.1. The van der Waals surface area contributed by atoms with Gasteiger partial charge in [-0.15, -0.1) is 0 Å². The quantitative estimate of drug-likeness (QED) is 0.933. The van der Waals surface area contributed by atoms with Gasteiger partial charge in [0.15, 0.2) is 5.76 Å². The fraction of sp³-hybridized carbons (Fsp3) is 0.412. The molecule has 3 rings (SSSR count). The van der Waals surface area contributed by atoms with Crippen molar-refractivity contribution in [3.63, 3.8) is 0 Å². The number of methoxy groups -OCH3 is 1. The standard InChI is InChI=1S/C17H20N2O4/c1-22-10-13-12-4-2-3-5-14(12)23-15(13)17(21)19-8-6-11(7-9-19)16(18)20/h2-5,11H,6-10H2,1H3,(H2,18,20). The maximum atomic E-state index is 12.8. The number of fused-ring (bicyclic) bond motifs is 1. The summed E-state index contributed by atoms with van der Waals surface area (Å²) in [6, 6.07) is 7.53. The van der Waals surface area contributed by atoms with Gasteiger partial charge in [-0.3, -0.25) is 9.59 Å². The molecule has 6 nitrogen and oxygen atoms in total. The molecule has 1 aliphatic rings. The van der Waals surface area contributed by atoms with Gasteiger partial charge in [0, 0.05) is 37.1 Å². The summed E-state index contributed by atoms with van der Waals surface area (Å²) < 4.78 is 11.0. The number of rotatable bonds is 4. The number of nitrogens with zero attached hydrogens (tertiary/aromatic N) is 1. The minimum Gasteiger partial charge on any atom is -0.451 e. The van der Waals surface area contributed by atoms with E-state index in [1.807, 2.05) is 24.3 Å². The molecule has 1 fully saturated rings. The summed E-state index contributed by atoms with van der Waals surface area (Å²) in [5, 5.41) is 0.893. The zero-order valence-corrected chi connectivity index (χ0v) is 13.1. The van der Waals surface area contributed by atoms with Crippen molar-refractivity contribution in [1.29, 1.82) is 0 Å². The highest BCUT2D eigenvalue weighted by molar-refractivity contribution is 5.99. The van der Waals surface area contributed by atoms with Crippen LogP contribution in [0, 0.1) is 5.92 Å². The fourth-order valence-corrected chi connectivity index (χ4v) is 3.07. The van der Waals surface area contributed by atoms with E-state index in [2.05, 4.69) is 0 Å². The van der Waals surface area contributed by atoms with E-state index in [-0.39, 0.29) is 17.7 Å². The van der Waals surface area contributed by atoms with E-state index in [4.69, 9.17) is 14.9 Å². The number of ether oxygens (including phenoxy) is 1. The summed E-state index contributed by atoms with van der Waals surface area (Å²) in [5.41, 5.74) is 6.78. The van der Waals surface area contributed by atoms with Crippen LogP contribution in [0.4, 0.5) is 0 Å². The maximum absolute atomic E-state index is 12.8. The Kier molecular flexibility index (Phi) is 4.34. The van der Waals surface area contributed by atoms with Crippen LogP contribution in [0.15, 0.2) is 28.7 Å². The number of primary amides is 1. The first-order valence-corrected chi connectivity index (χ1v) is 7.69. The van der Waals surface area contributed by atoms with Crippen LogP contribution in [0.5, 0.6) is 0 Å². The number of carbonyl (C=O) groups is 2. The molecule has 0 spiro atoms. The number of likely N-dealkylation sites (tertiary alicyclic amines) is 1. The van der Waals surface area contributed by atoms with E-state index in [9.17, 15) is 9.59 Å². The van der Waals surface area contributed by atoms with Crippen molar-refractivity contribution in [2.75, 3.05) is 20.2 Å². The molecule has 1 aliphatic heterocycles. The SMILES string of the molecule is COCc1c(C(=O)N2CCC(C(N)=O)CC2)oc2ccccc12. The first-order valence-electron chi connectivity index (χ1n) is 7.69. The van der Waals surface area contributed by atoms with Gasteiger partial charge in [-0.05, 0) is 18.9 Å². The lowest BCUT2D eigenvalue weighted by atomic mass is 9.96. The monoisotopic (exact) mass is 316 g/mol. The molecule has 23 heavy (non-hydrogen) atoms. The van der Waals surface area contributed by atoms with Crippen LogP contribution >= 0.6 is 0 Å². The van der Waals surface area contributed by atoms with E-state index in [0.717, 1.165) is 10.9 Å². The third-order valence-electron chi connectivity index (χ3n) is 4.37. The number of furan rings is 1. The normalized spacial score (nSPS) is 16.0. The molecule has 2 aromatic rings. The number of carbonyl (C=O) groups excluding carboxylic acids is 2. The van der Waals surface area contributed by atoms with Gasteiger partial charge in [0.1, 0.15) is 5.58 Å². The molecule has 2 N–H and O–H groups in total. The molecule has 122 valence electrons. The second-order valence-corrected chi connectivity index (χ2v) is 5.81. The number of para-hydroxylation sites is 1. The lowest BCUT2D eigenvalue weighted by Crippen LogP contribution is -2.41. The fourth-order valence-electron chi connectivity index (χ4n) is 3.07. The highest BCUT2D eigenvalue weighted by Crippen LogP contribution is 2.28. The van der Waals surface area contributed by atoms with Crippen molar-refractivity contribution in [2.45, 2.75) is 19.4 Å². The summed E-state index contributed by atoms with van der Waals surface area (Å²) in [7, 11) is 1.59. The zero-order chi connectivity index (χ0) is 16.4. The molecule has 0 saturated carbocycles. The van der Waals surface area contributed by atoms with E-state index in [1.165, 1.54) is 0 Å². The minimum absolute atomic E-state index is 0.145. The van der Waals surface area contributed by atoms with E-state index in [1.54, 1.807) is 12.0 Å². The third kappa shape index (κ3) is 2.94. The van der Waals surface area contributed by atoms with Crippen LogP contribution in [0.3, 0.4) is 0 Å². The Bertz CT molecular complexity index is 729. The number of piperidine rings is 1. The van der Waals surface area contributed by atoms with Gasteiger partial charge in [0.25, 0.3) is 5.91 Å². The van der Waals surface area contributed by atoms with Crippen LogP contribution in [0.25, 0.3) is 11.0 Å². The van der Waals surface area contributed by atoms with Crippen LogP contribution in [0.2, 0.25) is 0 Å². The molecular formula is C17H20N2O4. The predicted molar refractivity (Wildman–Crippen MR) is 84.7 cm³/mol. The van der Waals surface area contributed by atoms with Crippen molar-refractivity contribution < 1.29 is 18.7 Å². The summed E-state index contributed by atoms with van der Waals surface area (Å²) in [6.45, 7) is 1.33. The average Bonchev–Trinajstić information content (AvgIpc) is 2.93. The number of nitrogens with two attached hydrogens (primary N) is 1. The Hall–Kier alpha value is -2.34. The Morgan fingerprint density at radius 1 is 1.30 bits per heavy atom. The predicted octanol–water partition coefficient (Wildman–Crippen LogP) is 1.92. The molecule has 0 unspecified atom stereocenters. The molecule has 1 aromatic carbocycles. The second kappa shape index (κ2) is 6.42. The summed E-state index contributed by atoms with van der Waals surface area (Å²) >= 11 is 0. The van der Waals surface area contributed by atoms with Crippen LogP contribution in [0.1, 0.15) is 29.0 Å². The molecule has 0 aliphatic carbocycles. The molecule has 2 heterocycles. The minimum atomic E-state index is -0.291. The average molecular weight is 316 g/mol. The Labute approximate surface area is 134 Å². The highest BCUT2D eigenvalue weighted by Gasteiger charge is 2.30. The van der Waals surface area contributed by atoms with Gasteiger partial charge in [-0.1, -0.05) is 18.2 Å². The Morgan fingerprint density at radius 2 is 2.00 bits per heavy atom. The molecule has 0 radical (unpaired) electrons. The first kappa shape index (κ1) is 15.6. The van der Waals surface area contributed by atoms with E-state index in [0.29, 0.717) is 43.9 Å². The Balaban J connectivity index is 1.86. The van der Waals surface area contributed by atoms with Crippen molar-refractivity contribution in [3.05, 3.63) is 35.6 Å². The number of hydrogen-bond donors (Lipinski definition) is 1. The lowest BCUT2D eigenvalue weighted by Gasteiger charge is -2.30. The number of benzene rings is 1. The van der Waals surface area contributed by atoms with Crippen molar-refractivity contribution in [1.82, 2.24) is 4.90 Å². The topological polar surface area (TPSA) is 85.8 Å². The van der Waals surface area contributed by atoms with E-state index >= 15 is 0 Å². The van der Waals surface area contributed by atoms with Crippen molar-refractivity contribution >= 4 is 22.8 Å². The van der Waals surface area contributed by atoms with Crippen LogP contribution < -0.4 is 5.73 Å². The Morgan fingerprint density at radius 3 is 2.65 bits per heavy atom. The molecular weight excluding hydrogens is 296 g/mol. The first-order chi connectivity index (χ1) is 11.1. The molecule has 1 aromatic heterocycles. The second-order valence-electron chi connectivity index (χ2n) is 5.81. The molecule has 0 atom stereocenters.